The van der Waals surface area contributed by atoms with E-state index in [1.54, 1.807) is 0 Å². The fourth-order valence-corrected chi connectivity index (χ4v) is 3.58. The summed E-state index contributed by atoms with van der Waals surface area (Å²) in [6, 6.07) is 2.57. The van der Waals surface area contributed by atoms with Crippen molar-refractivity contribution in [3.05, 3.63) is 51.8 Å². The van der Waals surface area contributed by atoms with Crippen LogP contribution in [-0.4, -0.2) is 16.1 Å². The van der Waals surface area contributed by atoms with E-state index in [1.807, 2.05) is 6.92 Å². The first-order chi connectivity index (χ1) is 11.8. The minimum absolute atomic E-state index is 0.101. The average Bonchev–Trinajstić information content (AvgIpc) is 2.90. The lowest BCUT2D eigenvalue weighted by molar-refractivity contribution is -0.137. The number of aryl methyl sites for hydroxylation is 2. The van der Waals surface area contributed by atoms with Crippen LogP contribution in [0.15, 0.2) is 18.2 Å². The van der Waals surface area contributed by atoms with Crippen molar-refractivity contribution in [2.24, 2.45) is 0 Å². The number of nitrogens with zero attached hydrogens (tertiary/aromatic N) is 2. The van der Waals surface area contributed by atoms with Crippen LogP contribution in [0.1, 0.15) is 42.0 Å². The van der Waals surface area contributed by atoms with Crippen LogP contribution in [0.2, 0.25) is 5.15 Å². The molecule has 1 aliphatic rings. The second-order valence-electron chi connectivity index (χ2n) is 6.06. The topological polar surface area (TPSA) is 29.9 Å². The molecule has 8 heteroatoms. The molecule has 0 aliphatic carbocycles. The molecule has 1 aliphatic heterocycles. The van der Waals surface area contributed by atoms with Gasteiger partial charge in [0.25, 0.3) is 0 Å². The molecule has 136 valence electrons. The summed E-state index contributed by atoms with van der Waals surface area (Å²) in [6.45, 7) is 3.51. The highest BCUT2D eigenvalue weighted by molar-refractivity contribution is 6.30. The van der Waals surface area contributed by atoms with Crippen LogP contribution in [0, 0.1) is 5.82 Å². The van der Waals surface area contributed by atoms with Gasteiger partial charge in [0.2, 0.25) is 0 Å². The smallest absolute Gasteiger partial charge is 0.328 e. The Morgan fingerprint density at radius 2 is 2.12 bits per heavy atom. The van der Waals surface area contributed by atoms with Crippen LogP contribution >= 0.6 is 11.6 Å². The van der Waals surface area contributed by atoms with Gasteiger partial charge in [-0.05, 0) is 30.5 Å². The van der Waals surface area contributed by atoms with Crippen molar-refractivity contribution < 1.29 is 17.6 Å². The first kappa shape index (κ1) is 18.2. The molecule has 1 unspecified atom stereocenters. The molecule has 0 saturated carbocycles. The summed E-state index contributed by atoms with van der Waals surface area (Å²) in [6.07, 6.45) is -2.94. The van der Waals surface area contributed by atoms with Gasteiger partial charge in [0, 0.05) is 19.5 Å². The number of rotatable bonds is 4. The first-order valence-electron chi connectivity index (χ1n) is 8.15. The number of alkyl halides is 3. The maximum atomic E-state index is 14.0. The van der Waals surface area contributed by atoms with Gasteiger partial charge in [-0.15, -0.1) is 0 Å². The zero-order valence-electron chi connectivity index (χ0n) is 13.6. The Morgan fingerprint density at radius 3 is 2.76 bits per heavy atom. The molecule has 1 aromatic heterocycles. The molecule has 1 N–H and O–H groups in total. The van der Waals surface area contributed by atoms with Crippen LogP contribution < -0.4 is 5.32 Å². The lowest BCUT2D eigenvalue weighted by Gasteiger charge is -2.27. The van der Waals surface area contributed by atoms with Gasteiger partial charge in [-0.3, -0.25) is 0 Å². The minimum Gasteiger partial charge on any atom is -0.328 e. The van der Waals surface area contributed by atoms with E-state index < -0.39 is 17.6 Å². The van der Waals surface area contributed by atoms with Crippen LogP contribution in [0.25, 0.3) is 0 Å². The molecular weight excluding hydrogens is 358 g/mol. The van der Waals surface area contributed by atoms with Crippen molar-refractivity contribution >= 4 is 11.6 Å². The van der Waals surface area contributed by atoms with Crippen LogP contribution in [-0.2, 0) is 25.6 Å². The summed E-state index contributed by atoms with van der Waals surface area (Å²) >= 11 is 6.25. The van der Waals surface area contributed by atoms with Gasteiger partial charge in [-0.2, -0.15) is 13.2 Å². The third-order valence-electron chi connectivity index (χ3n) is 4.50. The Morgan fingerprint density at radius 1 is 1.36 bits per heavy atom. The Bertz CT molecular complexity index is 770. The highest BCUT2D eigenvalue weighted by Gasteiger charge is 2.31. The van der Waals surface area contributed by atoms with Crippen molar-refractivity contribution in [1.82, 2.24) is 14.9 Å². The van der Waals surface area contributed by atoms with E-state index in [0.29, 0.717) is 24.1 Å². The van der Waals surface area contributed by atoms with Gasteiger partial charge in [-0.25, -0.2) is 9.37 Å². The average molecular weight is 376 g/mol. The van der Waals surface area contributed by atoms with E-state index in [9.17, 15) is 17.6 Å². The zero-order valence-corrected chi connectivity index (χ0v) is 14.4. The lowest BCUT2D eigenvalue weighted by atomic mass is 10.0. The number of benzene rings is 1. The highest BCUT2D eigenvalue weighted by atomic mass is 35.5. The highest BCUT2D eigenvalue weighted by Crippen LogP contribution is 2.32. The molecule has 1 aromatic carbocycles. The van der Waals surface area contributed by atoms with Crippen molar-refractivity contribution in [3.8, 4) is 0 Å². The number of fused-ring (bicyclic) bond motifs is 1. The fraction of sp³-hybridized carbons (Fsp3) is 0.471. The SMILES string of the molecule is CCc1nc(Cl)c2n1CCNC2CCc1ccc(C(F)(F)F)cc1F. The maximum Gasteiger partial charge on any atom is 0.416 e. The summed E-state index contributed by atoms with van der Waals surface area (Å²) in [5, 5.41) is 3.76. The molecule has 0 bridgehead atoms. The largest absolute Gasteiger partial charge is 0.416 e. The van der Waals surface area contributed by atoms with Gasteiger partial charge in [0.15, 0.2) is 5.15 Å². The van der Waals surface area contributed by atoms with Crippen molar-refractivity contribution in [2.45, 2.75) is 44.9 Å². The molecule has 2 aromatic rings. The molecule has 2 heterocycles. The van der Waals surface area contributed by atoms with E-state index in [2.05, 4.69) is 14.9 Å². The first-order valence-corrected chi connectivity index (χ1v) is 8.52. The van der Waals surface area contributed by atoms with Gasteiger partial charge in [0.1, 0.15) is 11.6 Å². The number of aromatic nitrogens is 2. The number of nitrogens with one attached hydrogen (secondary N) is 1. The number of hydrogen-bond acceptors (Lipinski definition) is 2. The predicted octanol–water partition coefficient (Wildman–Crippen LogP) is 4.53. The Balaban J connectivity index is 1.77. The predicted molar refractivity (Wildman–Crippen MR) is 87.1 cm³/mol. The monoisotopic (exact) mass is 375 g/mol. The molecule has 0 spiro atoms. The Kier molecular flexibility index (Phi) is 5.06. The lowest BCUT2D eigenvalue weighted by Crippen LogP contribution is -2.34. The summed E-state index contributed by atoms with van der Waals surface area (Å²) in [5.41, 5.74) is 0.161. The van der Waals surface area contributed by atoms with E-state index in [-0.39, 0.29) is 11.6 Å². The Labute approximate surface area is 148 Å². The van der Waals surface area contributed by atoms with Crippen molar-refractivity contribution in [2.75, 3.05) is 6.54 Å². The van der Waals surface area contributed by atoms with Crippen molar-refractivity contribution in [1.29, 1.82) is 0 Å². The molecule has 0 amide bonds. The number of imidazole rings is 1. The second kappa shape index (κ2) is 6.96. The summed E-state index contributed by atoms with van der Waals surface area (Å²) in [5.74, 6) is 0.0756. The van der Waals surface area contributed by atoms with E-state index in [0.717, 1.165) is 37.1 Å². The zero-order chi connectivity index (χ0) is 18.2. The van der Waals surface area contributed by atoms with Gasteiger partial charge < -0.3 is 9.88 Å². The third-order valence-corrected chi connectivity index (χ3v) is 4.77. The summed E-state index contributed by atoms with van der Waals surface area (Å²) in [4.78, 5) is 4.36. The molecule has 1 atom stereocenters. The van der Waals surface area contributed by atoms with E-state index >= 15 is 0 Å². The molecular formula is C17H18ClF4N3. The normalized spacial score (nSPS) is 17.6. The van der Waals surface area contributed by atoms with Gasteiger partial charge in [-0.1, -0.05) is 24.6 Å². The Hall–Kier alpha value is -1.60. The minimum atomic E-state index is -4.54. The third kappa shape index (κ3) is 3.67. The van der Waals surface area contributed by atoms with Crippen LogP contribution in [0.5, 0.6) is 0 Å². The maximum absolute atomic E-state index is 14.0. The molecule has 0 fully saturated rings. The summed E-state index contributed by atoms with van der Waals surface area (Å²) in [7, 11) is 0. The van der Waals surface area contributed by atoms with Crippen LogP contribution in [0.3, 0.4) is 0 Å². The molecule has 3 nitrogen and oxygen atoms in total. The fourth-order valence-electron chi connectivity index (χ4n) is 3.24. The summed E-state index contributed by atoms with van der Waals surface area (Å²) < 4.78 is 53.9. The molecule has 3 rings (SSSR count). The number of hydrogen-bond donors (Lipinski definition) is 1. The quantitative estimate of drug-likeness (QED) is 0.795. The standard InChI is InChI=1S/C17H18ClF4N3/c1-2-14-24-16(18)15-13(23-7-8-25(14)15)6-4-10-3-5-11(9-12(10)19)17(20,21)22/h3,5,9,13,23H,2,4,6-8H2,1H3. The molecule has 0 saturated heterocycles. The van der Waals surface area contributed by atoms with Crippen molar-refractivity contribution in [3.63, 3.8) is 0 Å². The van der Waals surface area contributed by atoms with E-state index in [4.69, 9.17) is 11.6 Å². The van der Waals surface area contributed by atoms with Gasteiger partial charge >= 0.3 is 6.18 Å². The molecule has 0 radical (unpaired) electrons. The van der Waals surface area contributed by atoms with Gasteiger partial charge in [0.05, 0.1) is 17.3 Å². The van der Waals surface area contributed by atoms with Crippen LogP contribution in [0.4, 0.5) is 17.6 Å². The second-order valence-corrected chi connectivity index (χ2v) is 6.42. The number of halogens is 5. The van der Waals surface area contributed by atoms with E-state index in [1.165, 1.54) is 6.07 Å². The molecule has 25 heavy (non-hydrogen) atoms.